The van der Waals surface area contributed by atoms with Crippen molar-refractivity contribution in [2.24, 2.45) is 0 Å². The van der Waals surface area contributed by atoms with Crippen LogP contribution in [0.1, 0.15) is 26.3 Å². The Morgan fingerprint density at radius 3 is 1.50 bits per heavy atom. The second kappa shape index (κ2) is 18.4. The van der Waals surface area contributed by atoms with Crippen LogP contribution < -0.4 is 20.1 Å². The number of phenols is 2. The topological polar surface area (TPSA) is 196 Å². The van der Waals surface area contributed by atoms with Gasteiger partial charge in [0.2, 0.25) is 0 Å². The molecule has 0 spiro atoms. The zero-order valence-corrected chi connectivity index (χ0v) is 24.6. The maximum atomic E-state index is 10.4. The van der Waals surface area contributed by atoms with Gasteiger partial charge < -0.3 is 44.7 Å². The van der Waals surface area contributed by atoms with E-state index in [1.807, 2.05) is 55.5 Å². The van der Waals surface area contributed by atoms with Crippen LogP contribution in [0, 0.1) is 6.92 Å². The number of hydrogen-bond acceptors (Lipinski definition) is 11. The van der Waals surface area contributed by atoms with E-state index in [-0.39, 0.29) is 28.6 Å². The molecule has 0 aliphatic rings. The Kier molecular flexibility index (Phi) is 16.3. The molecule has 11 nitrogen and oxygen atoms in total. The van der Waals surface area contributed by atoms with Crippen molar-refractivity contribution in [1.29, 1.82) is 0 Å². The summed E-state index contributed by atoms with van der Waals surface area (Å²) in [5.74, 6) is -2.62. The number of aliphatic carboxylic acids is 3. The van der Waals surface area contributed by atoms with E-state index < -0.39 is 17.9 Å². The van der Waals surface area contributed by atoms with Gasteiger partial charge in [-0.2, -0.15) is 0 Å². The number of aromatic hydroxyl groups is 2. The van der Waals surface area contributed by atoms with Gasteiger partial charge >= 0.3 is 17.1 Å². The summed E-state index contributed by atoms with van der Waals surface area (Å²) in [6, 6.07) is 22.0. The number of pyridine rings is 2. The monoisotopic (exact) mass is 616 g/mol. The maximum absolute atomic E-state index is 10.4. The number of methoxy groups -OCH3 is 1. The smallest absolute Gasteiger partial charge is 0.550 e. The molecule has 2 aromatic heterocycles. The molecule has 0 amide bonds. The maximum Gasteiger partial charge on any atom is 3.00 e. The summed E-state index contributed by atoms with van der Waals surface area (Å²) in [4.78, 5) is 36.0. The number of aromatic nitrogens is 2. The fourth-order valence-corrected chi connectivity index (χ4v) is 3.21. The van der Waals surface area contributed by atoms with E-state index >= 15 is 0 Å². The molecular weight excluding hydrogens is 587 g/mol. The molecule has 0 unspecified atom stereocenters. The summed E-state index contributed by atoms with van der Waals surface area (Å²) < 4.78 is 5.19. The van der Waals surface area contributed by atoms with Gasteiger partial charge in [-0.1, -0.05) is 24.3 Å². The molecule has 2 heterocycles. The number of phenolic OH excluding ortho intramolecular Hbond substituents is 2. The third kappa shape index (κ3) is 12.9. The molecule has 0 saturated carbocycles. The van der Waals surface area contributed by atoms with Crippen LogP contribution in [0.15, 0.2) is 72.8 Å². The Labute approximate surface area is 253 Å². The number of rotatable bonds is 4. The van der Waals surface area contributed by atoms with Crippen molar-refractivity contribution in [1.82, 2.24) is 9.97 Å². The van der Waals surface area contributed by atoms with Crippen LogP contribution >= 0.6 is 0 Å². The molecule has 2 aromatic carbocycles. The van der Waals surface area contributed by atoms with Crippen LogP contribution in [-0.4, -0.2) is 45.2 Å². The van der Waals surface area contributed by atoms with Crippen molar-refractivity contribution in [3.05, 3.63) is 78.4 Å². The zero-order chi connectivity index (χ0) is 31.1. The second-order valence-corrected chi connectivity index (χ2v) is 8.17. The van der Waals surface area contributed by atoms with Crippen LogP contribution in [0.3, 0.4) is 0 Å². The Morgan fingerprint density at radius 2 is 1.07 bits per heavy atom. The van der Waals surface area contributed by atoms with Crippen molar-refractivity contribution in [2.75, 3.05) is 7.11 Å². The summed E-state index contributed by atoms with van der Waals surface area (Å²) in [6.07, 6.45) is 0. The average Bonchev–Trinajstić information content (AvgIpc) is 2.88. The van der Waals surface area contributed by atoms with Gasteiger partial charge in [0.25, 0.3) is 0 Å². The SMILES string of the molecule is CC(=O)[O-].CC(=O)[O-].CC(=O)[O-].COc1cccc(-c2cccc(-c3cccc(-c4ccc(C)cc4O)n3)n2)c1O.[Mn+3]. The molecule has 4 aromatic rings. The number of carbonyl (C=O) groups excluding carboxylic acids is 3. The van der Waals surface area contributed by atoms with E-state index in [1.165, 1.54) is 7.11 Å². The van der Waals surface area contributed by atoms with E-state index in [2.05, 4.69) is 9.97 Å². The van der Waals surface area contributed by atoms with Crippen molar-refractivity contribution in [2.45, 2.75) is 27.7 Å². The quantitative estimate of drug-likeness (QED) is 0.315. The van der Waals surface area contributed by atoms with Crippen molar-refractivity contribution < 1.29 is 61.7 Å². The minimum absolute atomic E-state index is 0. The molecular formula is C30H29MnN2O9. The first-order valence-corrected chi connectivity index (χ1v) is 11.9. The standard InChI is InChI=1S/C24H20N2O3.3C2H4O2.Mn/c1-15-12-13-16(22(27)14-15)18-7-4-9-20(25-18)21-10-5-8-19(26-21)17-6-3-11-23(29-2)24(17)28;3*1-2(3)4;/h3-14,27-28H,1-2H3;3*1H3,(H,3,4);/q;;;;+3/p-3. The molecule has 0 aliphatic heterocycles. The Bertz CT molecular complexity index is 1450. The molecule has 12 heteroatoms. The van der Waals surface area contributed by atoms with E-state index in [1.54, 1.807) is 24.3 Å². The van der Waals surface area contributed by atoms with Gasteiger partial charge in [-0.25, -0.2) is 9.97 Å². The van der Waals surface area contributed by atoms with Crippen LogP contribution in [-0.2, 0) is 31.5 Å². The Balaban J connectivity index is 0.00000111. The number of benzene rings is 2. The van der Waals surface area contributed by atoms with E-state index in [0.717, 1.165) is 26.3 Å². The first-order valence-electron chi connectivity index (χ1n) is 11.9. The minimum Gasteiger partial charge on any atom is -0.550 e. The number of hydrogen-bond donors (Lipinski definition) is 2. The Morgan fingerprint density at radius 1 is 0.667 bits per heavy atom. The summed E-state index contributed by atoms with van der Waals surface area (Å²) in [5, 5.41) is 47.4. The number of para-hydroxylation sites is 1. The van der Waals surface area contributed by atoms with Crippen LogP contribution in [0.2, 0.25) is 0 Å². The van der Waals surface area contributed by atoms with Gasteiger partial charge in [0, 0.05) is 29.0 Å². The minimum atomic E-state index is -1.08. The van der Waals surface area contributed by atoms with Crippen molar-refractivity contribution in [3.63, 3.8) is 0 Å². The predicted octanol–water partition coefficient (Wildman–Crippen LogP) is 1.47. The molecule has 220 valence electrons. The fourth-order valence-electron chi connectivity index (χ4n) is 3.21. The third-order valence-electron chi connectivity index (χ3n) is 4.68. The third-order valence-corrected chi connectivity index (χ3v) is 4.68. The number of ether oxygens (including phenoxy) is 1. The molecule has 42 heavy (non-hydrogen) atoms. The molecule has 0 fully saturated rings. The summed E-state index contributed by atoms with van der Waals surface area (Å²) in [6.45, 7) is 4.84. The number of nitrogens with zero attached hydrogens (tertiary/aromatic N) is 2. The average molecular weight is 617 g/mol. The number of carboxylic acid groups (broad SMARTS) is 3. The van der Waals surface area contributed by atoms with Crippen LogP contribution in [0.4, 0.5) is 0 Å². The van der Waals surface area contributed by atoms with E-state index in [4.69, 9.17) is 34.4 Å². The van der Waals surface area contributed by atoms with Gasteiger partial charge in [-0.05, 0) is 81.8 Å². The number of carboxylic acids is 3. The predicted molar refractivity (Wildman–Crippen MR) is 145 cm³/mol. The molecule has 4 rings (SSSR count). The largest absolute Gasteiger partial charge is 3.00 e. The summed E-state index contributed by atoms with van der Waals surface area (Å²) in [7, 11) is 1.51. The summed E-state index contributed by atoms with van der Waals surface area (Å²) in [5.41, 5.74) is 4.85. The Hall–Kier alpha value is -4.93. The summed E-state index contributed by atoms with van der Waals surface area (Å²) >= 11 is 0. The van der Waals surface area contributed by atoms with Crippen LogP contribution in [0.5, 0.6) is 17.2 Å². The van der Waals surface area contributed by atoms with Gasteiger partial charge in [-0.3, -0.25) is 0 Å². The van der Waals surface area contributed by atoms with Gasteiger partial charge in [0.15, 0.2) is 11.5 Å². The fraction of sp³-hybridized carbons (Fsp3) is 0.167. The molecule has 0 atom stereocenters. The van der Waals surface area contributed by atoms with E-state index in [0.29, 0.717) is 39.7 Å². The van der Waals surface area contributed by atoms with Gasteiger partial charge in [-0.15, -0.1) is 0 Å². The van der Waals surface area contributed by atoms with E-state index in [9.17, 15) is 10.2 Å². The molecule has 0 bridgehead atoms. The first kappa shape index (κ1) is 37.1. The molecule has 0 saturated heterocycles. The number of aryl methyl sites for hydroxylation is 1. The molecule has 0 aliphatic carbocycles. The van der Waals surface area contributed by atoms with Gasteiger partial charge in [0.1, 0.15) is 5.75 Å². The van der Waals surface area contributed by atoms with Crippen molar-refractivity contribution >= 4 is 17.9 Å². The normalized spacial score (nSPS) is 9.17. The molecule has 0 radical (unpaired) electrons. The molecule has 2 N–H and O–H groups in total. The second-order valence-electron chi connectivity index (χ2n) is 8.17. The zero-order valence-electron chi connectivity index (χ0n) is 23.5. The first-order chi connectivity index (χ1) is 19.3. The number of carbonyl (C=O) groups is 3. The van der Waals surface area contributed by atoms with Crippen LogP contribution in [0.25, 0.3) is 33.9 Å². The van der Waals surface area contributed by atoms with Crippen molar-refractivity contribution in [3.8, 4) is 51.2 Å². The van der Waals surface area contributed by atoms with Gasteiger partial charge in [0.05, 0.1) is 29.9 Å².